The third-order valence-electron chi connectivity index (χ3n) is 4.35. The lowest BCUT2D eigenvalue weighted by atomic mass is 10.1. The average molecular weight is 310 g/mol. The highest BCUT2D eigenvalue weighted by atomic mass is 32.2. The number of nitrogens with zero attached hydrogens (tertiary/aromatic N) is 1. The molecule has 0 heterocycles. The second-order valence-electron chi connectivity index (χ2n) is 6.14. The van der Waals surface area contributed by atoms with Crippen LogP contribution >= 0.6 is 0 Å². The minimum absolute atomic E-state index is 0.252. The van der Waals surface area contributed by atoms with Gasteiger partial charge in [0, 0.05) is 20.1 Å². The van der Waals surface area contributed by atoms with Gasteiger partial charge in [0.05, 0.1) is 4.90 Å². The van der Waals surface area contributed by atoms with Crippen LogP contribution in [-0.4, -0.2) is 33.4 Å². The van der Waals surface area contributed by atoms with Crippen LogP contribution < -0.4 is 5.32 Å². The van der Waals surface area contributed by atoms with Gasteiger partial charge in [0.1, 0.15) is 0 Å². The second kappa shape index (κ2) is 6.90. The molecule has 1 aliphatic rings. The summed E-state index contributed by atoms with van der Waals surface area (Å²) in [5.41, 5.74) is 1.13. The monoisotopic (exact) mass is 310 g/mol. The van der Waals surface area contributed by atoms with Crippen molar-refractivity contribution in [3.63, 3.8) is 0 Å². The molecule has 2 rings (SSSR count). The fourth-order valence-corrected chi connectivity index (χ4v) is 3.72. The van der Waals surface area contributed by atoms with Crippen LogP contribution in [0.3, 0.4) is 0 Å². The van der Waals surface area contributed by atoms with Gasteiger partial charge in [0.2, 0.25) is 10.0 Å². The van der Waals surface area contributed by atoms with Crippen LogP contribution in [-0.2, 0) is 10.0 Å². The van der Waals surface area contributed by atoms with Crippen LogP contribution in [0.4, 0.5) is 0 Å². The molecule has 4 nitrogen and oxygen atoms in total. The third-order valence-corrected chi connectivity index (χ3v) is 6.18. The van der Waals surface area contributed by atoms with Crippen molar-refractivity contribution in [3.05, 3.63) is 29.8 Å². The quantitative estimate of drug-likeness (QED) is 0.879. The second-order valence-corrected chi connectivity index (χ2v) is 8.29. The van der Waals surface area contributed by atoms with Gasteiger partial charge < -0.3 is 5.32 Å². The van der Waals surface area contributed by atoms with Crippen LogP contribution in [0.5, 0.6) is 0 Å². The van der Waals surface area contributed by atoms with Gasteiger partial charge in [0.25, 0.3) is 0 Å². The topological polar surface area (TPSA) is 49.4 Å². The Balaban J connectivity index is 1.97. The molecule has 118 valence electrons. The van der Waals surface area contributed by atoms with E-state index in [1.807, 2.05) is 12.1 Å². The number of nitrogens with one attached hydrogen (secondary N) is 1. The molecule has 0 aliphatic heterocycles. The van der Waals surface area contributed by atoms with E-state index in [2.05, 4.69) is 12.2 Å². The normalized spacial score (nSPS) is 18.3. The number of benzene rings is 1. The van der Waals surface area contributed by atoms with Crippen LogP contribution in [0.25, 0.3) is 0 Å². The Kier molecular flexibility index (Phi) is 5.41. The van der Waals surface area contributed by atoms with Gasteiger partial charge in [-0.25, -0.2) is 12.7 Å². The molecule has 0 radical (unpaired) electrons. The first-order valence-corrected chi connectivity index (χ1v) is 9.11. The molecule has 1 aromatic carbocycles. The summed E-state index contributed by atoms with van der Waals surface area (Å²) >= 11 is 0. The van der Waals surface area contributed by atoms with Gasteiger partial charge in [-0.1, -0.05) is 25.0 Å². The number of hydrogen-bond donors (Lipinski definition) is 1. The van der Waals surface area contributed by atoms with Gasteiger partial charge >= 0.3 is 0 Å². The average Bonchev–Trinajstić information content (AvgIpc) is 2.98. The molecule has 1 unspecified atom stereocenters. The molecular formula is C16H26N2O2S. The van der Waals surface area contributed by atoms with E-state index in [1.165, 1.54) is 30.0 Å². The molecule has 1 fully saturated rings. The molecule has 0 bridgehead atoms. The zero-order chi connectivity index (χ0) is 15.5. The highest BCUT2D eigenvalue weighted by molar-refractivity contribution is 7.89. The predicted octanol–water partition coefficient (Wildman–Crippen LogP) is 2.78. The molecular weight excluding hydrogens is 284 g/mol. The molecule has 1 aliphatic carbocycles. The fourth-order valence-electron chi connectivity index (χ4n) is 2.82. The molecule has 1 atom stereocenters. The van der Waals surface area contributed by atoms with Crippen LogP contribution in [0.1, 0.15) is 44.2 Å². The third kappa shape index (κ3) is 4.05. The SMILES string of the molecule is CC(NCC1CCCC1)c1ccc(S(=O)(=O)N(C)C)cc1. The first-order valence-electron chi connectivity index (χ1n) is 7.67. The summed E-state index contributed by atoms with van der Waals surface area (Å²) in [5.74, 6) is 0.806. The van der Waals surface area contributed by atoms with Crippen LogP contribution in [0.2, 0.25) is 0 Å². The number of hydrogen-bond acceptors (Lipinski definition) is 3. The zero-order valence-corrected chi connectivity index (χ0v) is 14.0. The van der Waals surface area contributed by atoms with Crippen molar-refractivity contribution >= 4 is 10.0 Å². The van der Waals surface area contributed by atoms with Crippen LogP contribution in [0.15, 0.2) is 29.2 Å². The van der Waals surface area contributed by atoms with E-state index in [1.54, 1.807) is 26.2 Å². The molecule has 1 saturated carbocycles. The van der Waals surface area contributed by atoms with Crippen molar-refractivity contribution in [3.8, 4) is 0 Å². The van der Waals surface area contributed by atoms with Crippen molar-refractivity contribution in [1.29, 1.82) is 0 Å². The van der Waals surface area contributed by atoms with Crippen molar-refractivity contribution in [2.24, 2.45) is 5.92 Å². The molecule has 0 amide bonds. The maximum absolute atomic E-state index is 12.0. The highest BCUT2D eigenvalue weighted by Gasteiger charge is 2.18. The molecule has 0 saturated heterocycles. The van der Waals surface area contributed by atoms with E-state index >= 15 is 0 Å². The summed E-state index contributed by atoms with van der Waals surface area (Å²) in [6, 6.07) is 7.45. The molecule has 21 heavy (non-hydrogen) atoms. The smallest absolute Gasteiger partial charge is 0.242 e. The summed E-state index contributed by atoms with van der Waals surface area (Å²) in [5, 5.41) is 3.56. The summed E-state index contributed by atoms with van der Waals surface area (Å²) < 4.78 is 25.3. The summed E-state index contributed by atoms with van der Waals surface area (Å²) in [4.78, 5) is 0.347. The summed E-state index contributed by atoms with van der Waals surface area (Å²) in [6.07, 6.45) is 5.38. The van der Waals surface area contributed by atoms with Gasteiger partial charge in [-0.3, -0.25) is 0 Å². The Labute approximate surface area is 128 Å². The van der Waals surface area contributed by atoms with E-state index in [4.69, 9.17) is 0 Å². The summed E-state index contributed by atoms with van der Waals surface area (Å²) in [6.45, 7) is 3.18. The van der Waals surface area contributed by atoms with Crippen molar-refractivity contribution in [2.45, 2.75) is 43.5 Å². The van der Waals surface area contributed by atoms with Gasteiger partial charge in [-0.05, 0) is 49.9 Å². The van der Waals surface area contributed by atoms with Crippen molar-refractivity contribution < 1.29 is 8.42 Å². The maximum Gasteiger partial charge on any atom is 0.242 e. The van der Waals surface area contributed by atoms with Gasteiger partial charge in [-0.2, -0.15) is 0 Å². The zero-order valence-electron chi connectivity index (χ0n) is 13.2. The molecule has 1 N–H and O–H groups in total. The van der Waals surface area contributed by atoms with Gasteiger partial charge in [-0.15, -0.1) is 0 Å². The van der Waals surface area contributed by atoms with E-state index < -0.39 is 10.0 Å². The van der Waals surface area contributed by atoms with E-state index in [0.717, 1.165) is 18.0 Å². The van der Waals surface area contributed by atoms with Crippen LogP contribution in [0, 0.1) is 5.92 Å². The van der Waals surface area contributed by atoms with Crippen molar-refractivity contribution in [1.82, 2.24) is 9.62 Å². The molecule has 5 heteroatoms. The Morgan fingerprint density at radius 3 is 2.29 bits per heavy atom. The molecule has 1 aromatic rings. The minimum atomic E-state index is -3.33. The Morgan fingerprint density at radius 2 is 1.76 bits per heavy atom. The lowest BCUT2D eigenvalue weighted by molar-refractivity contribution is 0.452. The Morgan fingerprint density at radius 1 is 1.19 bits per heavy atom. The first-order chi connectivity index (χ1) is 9.91. The standard InChI is InChI=1S/C16H26N2O2S/c1-13(17-12-14-6-4-5-7-14)15-8-10-16(11-9-15)21(19,20)18(2)3/h8-11,13-14,17H,4-7,12H2,1-3H3. The fraction of sp³-hybridized carbons (Fsp3) is 0.625. The predicted molar refractivity (Wildman–Crippen MR) is 85.7 cm³/mol. The van der Waals surface area contributed by atoms with Gasteiger partial charge in [0.15, 0.2) is 0 Å². The van der Waals surface area contributed by atoms with E-state index in [9.17, 15) is 8.42 Å². The lowest BCUT2D eigenvalue weighted by Gasteiger charge is -2.18. The number of rotatable bonds is 6. The van der Waals surface area contributed by atoms with E-state index in [-0.39, 0.29) is 6.04 Å². The number of sulfonamides is 1. The first kappa shape index (κ1) is 16.5. The molecule has 0 spiro atoms. The highest BCUT2D eigenvalue weighted by Crippen LogP contribution is 2.25. The van der Waals surface area contributed by atoms with Crippen molar-refractivity contribution in [2.75, 3.05) is 20.6 Å². The largest absolute Gasteiger partial charge is 0.310 e. The summed E-state index contributed by atoms with van der Waals surface area (Å²) in [7, 11) is -0.231. The molecule has 0 aromatic heterocycles. The van der Waals surface area contributed by atoms with E-state index in [0.29, 0.717) is 4.90 Å². The maximum atomic E-state index is 12.0. The Bertz CT molecular complexity index is 546. The lowest BCUT2D eigenvalue weighted by Crippen LogP contribution is -2.25. The minimum Gasteiger partial charge on any atom is -0.310 e. The Hall–Kier alpha value is -0.910.